The Balaban J connectivity index is 1.90. The molecule has 0 aliphatic carbocycles. The van der Waals surface area contributed by atoms with Crippen molar-refractivity contribution in [3.63, 3.8) is 0 Å². The number of benzene rings is 2. The minimum atomic E-state index is 0.202. The van der Waals surface area contributed by atoms with Crippen molar-refractivity contribution in [3.8, 4) is 17.1 Å². The van der Waals surface area contributed by atoms with Crippen LogP contribution in [-0.4, -0.2) is 15.2 Å². The van der Waals surface area contributed by atoms with Gasteiger partial charge in [-0.2, -0.15) is 4.98 Å². The van der Waals surface area contributed by atoms with Crippen molar-refractivity contribution in [2.45, 2.75) is 6.92 Å². The normalized spacial score (nSPS) is 11.6. The Morgan fingerprint density at radius 3 is 2.59 bits per heavy atom. The molecule has 3 aromatic rings. The predicted molar refractivity (Wildman–Crippen MR) is 86.3 cm³/mol. The summed E-state index contributed by atoms with van der Waals surface area (Å²) in [6.45, 7) is 1.99. The van der Waals surface area contributed by atoms with Crippen LogP contribution in [0.5, 0.6) is 5.75 Å². The van der Waals surface area contributed by atoms with E-state index < -0.39 is 0 Å². The fourth-order valence-electron chi connectivity index (χ4n) is 2.03. The van der Waals surface area contributed by atoms with E-state index >= 15 is 0 Å². The quantitative estimate of drug-likeness (QED) is 0.774. The number of aromatic nitrogens is 2. The largest absolute Gasteiger partial charge is 0.508 e. The number of hydrogen-bond donors (Lipinski definition) is 1. The van der Waals surface area contributed by atoms with Crippen LogP contribution < -0.4 is 0 Å². The molecule has 110 valence electrons. The van der Waals surface area contributed by atoms with Crippen LogP contribution in [0.15, 0.2) is 53.1 Å². The highest BCUT2D eigenvalue weighted by atomic mass is 35.5. The number of halogens is 1. The minimum absolute atomic E-state index is 0.202. The van der Waals surface area contributed by atoms with E-state index in [1.165, 1.54) is 0 Å². The molecule has 5 heteroatoms. The maximum Gasteiger partial charge on any atom is 0.269 e. The Hall–Kier alpha value is -2.59. The van der Waals surface area contributed by atoms with Crippen molar-refractivity contribution >= 4 is 22.7 Å². The van der Waals surface area contributed by atoms with E-state index in [1.807, 2.05) is 31.2 Å². The molecule has 0 amide bonds. The van der Waals surface area contributed by atoms with Crippen molar-refractivity contribution in [3.05, 3.63) is 65.5 Å². The molecule has 0 saturated carbocycles. The first-order valence-electron chi connectivity index (χ1n) is 6.70. The van der Waals surface area contributed by atoms with E-state index in [2.05, 4.69) is 10.1 Å². The molecule has 1 aromatic heterocycles. The Morgan fingerprint density at radius 1 is 1.14 bits per heavy atom. The van der Waals surface area contributed by atoms with Gasteiger partial charge >= 0.3 is 0 Å². The van der Waals surface area contributed by atoms with Crippen molar-refractivity contribution in [1.29, 1.82) is 0 Å². The number of hydrogen-bond acceptors (Lipinski definition) is 4. The summed E-state index contributed by atoms with van der Waals surface area (Å²) >= 11 is 6.22. The van der Waals surface area contributed by atoms with Gasteiger partial charge in [-0.3, -0.25) is 0 Å². The lowest BCUT2D eigenvalue weighted by atomic mass is 10.1. The third-order valence-electron chi connectivity index (χ3n) is 3.20. The van der Waals surface area contributed by atoms with Gasteiger partial charge in [0.2, 0.25) is 5.82 Å². The van der Waals surface area contributed by atoms with Gasteiger partial charge in [0.1, 0.15) is 10.8 Å². The molecule has 3 rings (SSSR count). The summed E-state index contributed by atoms with van der Waals surface area (Å²) in [7, 11) is 0. The standard InChI is InChI=1S/C17H13ClN2O2/c1-11-4-2-3-5-14(11)16-19-17(22-20-16)15(18)10-12-6-8-13(21)9-7-12/h2-10,21H,1H3/b15-10-. The van der Waals surface area contributed by atoms with Crippen molar-refractivity contribution in [2.75, 3.05) is 0 Å². The van der Waals surface area contributed by atoms with E-state index in [0.717, 1.165) is 16.7 Å². The molecule has 0 bridgehead atoms. The third kappa shape index (κ3) is 3.02. The Kier molecular flexibility index (Phi) is 3.94. The number of nitrogens with zero attached hydrogens (tertiary/aromatic N) is 2. The first kappa shape index (κ1) is 14.4. The van der Waals surface area contributed by atoms with Gasteiger partial charge in [0, 0.05) is 5.56 Å². The lowest BCUT2D eigenvalue weighted by molar-refractivity contribution is 0.410. The van der Waals surface area contributed by atoms with E-state index in [-0.39, 0.29) is 11.6 Å². The minimum Gasteiger partial charge on any atom is -0.508 e. The van der Waals surface area contributed by atoms with E-state index in [4.69, 9.17) is 16.1 Å². The summed E-state index contributed by atoms with van der Waals surface area (Å²) in [4.78, 5) is 4.33. The van der Waals surface area contributed by atoms with Gasteiger partial charge in [0.15, 0.2) is 0 Å². The average Bonchev–Trinajstić information content (AvgIpc) is 3.00. The van der Waals surface area contributed by atoms with Crippen molar-refractivity contribution in [1.82, 2.24) is 10.1 Å². The lowest BCUT2D eigenvalue weighted by Gasteiger charge is -1.98. The third-order valence-corrected chi connectivity index (χ3v) is 3.47. The van der Waals surface area contributed by atoms with Gasteiger partial charge in [-0.1, -0.05) is 53.2 Å². The fourth-order valence-corrected chi connectivity index (χ4v) is 2.24. The molecule has 0 fully saturated rings. The SMILES string of the molecule is Cc1ccccc1-c1noc(/C(Cl)=C/c2ccc(O)cc2)n1. The van der Waals surface area contributed by atoms with Crippen molar-refractivity contribution in [2.24, 2.45) is 0 Å². The average molecular weight is 313 g/mol. The second-order valence-electron chi connectivity index (χ2n) is 4.82. The van der Waals surface area contributed by atoms with Crippen LogP contribution in [0.4, 0.5) is 0 Å². The monoisotopic (exact) mass is 312 g/mol. The smallest absolute Gasteiger partial charge is 0.269 e. The molecule has 1 heterocycles. The topological polar surface area (TPSA) is 59.2 Å². The highest BCUT2D eigenvalue weighted by molar-refractivity contribution is 6.50. The van der Waals surface area contributed by atoms with Crippen LogP contribution >= 0.6 is 11.6 Å². The van der Waals surface area contributed by atoms with Gasteiger partial charge in [-0.05, 0) is 36.3 Å². The zero-order valence-electron chi connectivity index (χ0n) is 11.8. The lowest BCUT2D eigenvalue weighted by Crippen LogP contribution is -1.85. The van der Waals surface area contributed by atoms with Crippen LogP contribution in [0.2, 0.25) is 0 Å². The molecule has 0 aliphatic heterocycles. The molecule has 0 radical (unpaired) electrons. The Morgan fingerprint density at radius 2 is 1.86 bits per heavy atom. The van der Waals surface area contributed by atoms with Gasteiger partial charge in [0.05, 0.1) is 0 Å². The Bertz CT molecular complexity index is 823. The number of aryl methyl sites for hydroxylation is 1. The van der Waals surface area contributed by atoms with Crippen LogP contribution in [0.3, 0.4) is 0 Å². The number of phenols is 1. The molecule has 0 aliphatic rings. The summed E-state index contributed by atoms with van der Waals surface area (Å²) in [5.74, 6) is 0.964. The molecular formula is C17H13ClN2O2. The van der Waals surface area contributed by atoms with E-state index in [1.54, 1.807) is 30.3 Å². The summed E-state index contributed by atoms with van der Waals surface area (Å²) in [6, 6.07) is 14.5. The summed E-state index contributed by atoms with van der Waals surface area (Å²) < 4.78 is 5.22. The highest BCUT2D eigenvalue weighted by Crippen LogP contribution is 2.25. The maximum atomic E-state index is 9.27. The van der Waals surface area contributed by atoms with Gasteiger partial charge in [0.25, 0.3) is 5.89 Å². The first-order chi connectivity index (χ1) is 10.6. The van der Waals surface area contributed by atoms with Crippen LogP contribution in [0, 0.1) is 6.92 Å². The number of phenolic OH excluding ortho intramolecular Hbond substituents is 1. The molecule has 22 heavy (non-hydrogen) atoms. The van der Waals surface area contributed by atoms with Gasteiger partial charge in [-0.15, -0.1) is 0 Å². The molecule has 1 N–H and O–H groups in total. The zero-order valence-corrected chi connectivity index (χ0v) is 12.6. The second-order valence-corrected chi connectivity index (χ2v) is 5.23. The molecule has 2 aromatic carbocycles. The summed E-state index contributed by atoms with van der Waals surface area (Å²) in [6.07, 6.45) is 1.70. The number of aromatic hydroxyl groups is 1. The molecule has 0 unspecified atom stereocenters. The molecule has 4 nitrogen and oxygen atoms in total. The van der Waals surface area contributed by atoms with Gasteiger partial charge in [-0.25, -0.2) is 0 Å². The highest BCUT2D eigenvalue weighted by Gasteiger charge is 2.12. The summed E-state index contributed by atoms with van der Waals surface area (Å²) in [5.41, 5.74) is 2.80. The first-order valence-corrected chi connectivity index (χ1v) is 7.07. The summed E-state index contributed by atoms with van der Waals surface area (Å²) in [5, 5.41) is 13.6. The second kappa shape index (κ2) is 6.03. The molecule has 0 atom stereocenters. The molecular weight excluding hydrogens is 300 g/mol. The van der Waals surface area contributed by atoms with Crippen LogP contribution in [0.25, 0.3) is 22.5 Å². The molecule has 0 spiro atoms. The van der Waals surface area contributed by atoms with Crippen LogP contribution in [-0.2, 0) is 0 Å². The maximum absolute atomic E-state index is 9.27. The predicted octanol–water partition coefficient (Wildman–Crippen LogP) is 4.49. The van der Waals surface area contributed by atoms with Gasteiger partial charge < -0.3 is 9.63 Å². The van der Waals surface area contributed by atoms with Crippen LogP contribution in [0.1, 0.15) is 17.0 Å². The van der Waals surface area contributed by atoms with E-state index in [9.17, 15) is 5.11 Å². The Labute approximate surface area is 132 Å². The number of rotatable bonds is 3. The molecule has 0 saturated heterocycles. The zero-order chi connectivity index (χ0) is 15.5. The van der Waals surface area contributed by atoms with E-state index in [0.29, 0.717) is 10.9 Å². The van der Waals surface area contributed by atoms with Crippen molar-refractivity contribution < 1.29 is 9.63 Å². The fraction of sp³-hybridized carbons (Fsp3) is 0.0588.